The van der Waals surface area contributed by atoms with Crippen LogP contribution in [0.25, 0.3) is 0 Å². The van der Waals surface area contributed by atoms with Crippen LogP contribution in [0.2, 0.25) is 0 Å². The van der Waals surface area contributed by atoms with E-state index in [1.54, 1.807) is 18.3 Å². The number of amides is 1. The molecule has 0 aliphatic carbocycles. The van der Waals surface area contributed by atoms with E-state index < -0.39 is 17.3 Å². The highest BCUT2D eigenvalue weighted by Crippen LogP contribution is 2.23. The molecule has 1 aromatic heterocycles. The van der Waals surface area contributed by atoms with Crippen LogP contribution < -0.4 is 16.0 Å². The second kappa shape index (κ2) is 11.3. The summed E-state index contributed by atoms with van der Waals surface area (Å²) >= 11 is 1.55. The van der Waals surface area contributed by atoms with Crippen LogP contribution >= 0.6 is 11.3 Å². The first-order chi connectivity index (χ1) is 13.1. The van der Waals surface area contributed by atoms with Crippen molar-refractivity contribution in [3.63, 3.8) is 0 Å². The first kappa shape index (κ1) is 24.2. The minimum absolute atomic E-state index is 0.0823. The Morgan fingerprint density at radius 3 is 2.54 bits per heavy atom. The fourth-order valence-electron chi connectivity index (χ4n) is 2.50. The molecule has 0 spiro atoms. The summed E-state index contributed by atoms with van der Waals surface area (Å²) in [6, 6.07) is 1.82. The third-order valence-corrected chi connectivity index (χ3v) is 4.59. The van der Waals surface area contributed by atoms with Crippen LogP contribution in [0.5, 0.6) is 0 Å². The molecule has 0 aliphatic rings. The molecular formula is C20H36N4O3S. The lowest BCUT2D eigenvalue weighted by Crippen LogP contribution is -2.48. The molecule has 2 atom stereocenters. The zero-order valence-corrected chi connectivity index (χ0v) is 18.8. The van der Waals surface area contributed by atoms with E-state index in [0.29, 0.717) is 19.0 Å². The van der Waals surface area contributed by atoms with Crippen LogP contribution in [0.4, 0.5) is 4.79 Å². The minimum atomic E-state index is -1.03. The molecule has 0 fully saturated rings. The molecular weight excluding hydrogens is 376 g/mol. The zero-order chi connectivity index (χ0) is 21.2. The molecule has 1 heterocycles. The van der Waals surface area contributed by atoms with Crippen molar-refractivity contribution in [2.24, 2.45) is 4.99 Å². The van der Waals surface area contributed by atoms with Gasteiger partial charge in [-0.15, -0.1) is 0 Å². The molecule has 7 nitrogen and oxygen atoms in total. The molecule has 1 rings (SSSR count). The van der Waals surface area contributed by atoms with Gasteiger partial charge in [0, 0.05) is 19.1 Å². The molecule has 0 saturated heterocycles. The SMILES string of the molecule is CCCC(CNC(=NCC(C)(O)c1ccsc1)NCC)NC(=O)OC(C)(C)C. The van der Waals surface area contributed by atoms with Gasteiger partial charge >= 0.3 is 6.09 Å². The van der Waals surface area contributed by atoms with Gasteiger partial charge in [0.2, 0.25) is 0 Å². The second-order valence-electron chi connectivity index (χ2n) is 7.99. The molecule has 8 heteroatoms. The van der Waals surface area contributed by atoms with Gasteiger partial charge in [0.15, 0.2) is 5.96 Å². The summed E-state index contributed by atoms with van der Waals surface area (Å²) in [6.45, 7) is 12.8. The molecule has 0 aliphatic heterocycles. The number of guanidine groups is 1. The average molecular weight is 413 g/mol. The van der Waals surface area contributed by atoms with Crippen molar-refractivity contribution in [1.29, 1.82) is 0 Å². The van der Waals surface area contributed by atoms with Crippen LogP contribution in [0.3, 0.4) is 0 Å². The molecule has 1 aromatic rings. The number of aliphatic imine (C=N–C) groups is 1. The van der Waals surface area contributed by atoms with E-state index in [-0.39, 0.29) is 12.6 Å². The number of aliphatic hydroxyl groups is 1. The Morgan fingerprint density at radius 2 is 2.00 bits per heavy atom. The summed E-state index contributed by atoms with van der Waals surface area (Å²) in [7, 11) is 0. The van der Waals surface area contributed by atoms with E-state index in [1.165, 1.54) is 0 Å². The Morgan fingerprint density at radius 1 is 1.29 bits per heavy atom. The number of nitrogens with one attached hydrogen (secondary N) is 3. The number of alkyl carbamates (subject to hydrolysis) is 1. The standard InChI is InChI=1S/C20H36N4O3S/c1-7-9-16(24-18(25)27-19(3,4)5)12-22-17(21-8-2)23-14-20(6,26)15-10-11-28-13-15/h10-11,13,16,26H,7-9,12,14H2,1-6H3,(H,24,25)(H2,21,22,23). The fourth-order valence-corrected chi connectivity index (χ4v) is 3.29. The largest absolute Gasteiger partial charge is 0.444 e. The van der Waals surface area contributed by atoms with Crippen LogP contribution in [0.1, 0.15) is 59.9 Å². The second-order valence-corrected chi connectivity index (χ2v) is 8.77. The Balaban J connectivity index is 2.68. The van der Waals surface area contributed by atoms with Crippen molar-refractivity contribution in [3.8, 4) is 0 Å². The predicted octanol–water partition coefficient (Wildman–Crippen LogP) is 3.20. The van der Waals surface area contributed by atoms with E-state index in [2.05, 4.69) is 27.9 Å². The fraction of sp³-hybridized carbons (Fsp3) is 0.700. The summed E-state index contributed by atoms with van der Waals surface area (Å²) in [5.74, 6) is 0.602. The Bertz CT molecular complexity index is 609. The van der Waals surface area contributed by atoms with Gasteiger partial charge in [0.1, 0.15) is 11.2 Å². The lowest BCUT2D eigenvalue weighted by molar-refractivity contribution is 0.0502. The summed E-state index contributed by atoms with van der Waals surface area (Å²) in [5, 5.41) is 23.9. The highest BCUT2D eigenvalue weighted by Gasteiger charge is 2.23. The highest BCUT2D eigenvalue weighted by molar-refractivity contribution is 7.08. The van der Waals surface area contributed by atoms with Gasteiger partial charge in [0.25, 0.3) is 0 Å². The van der Waals surface area contributed by atoms with Crippen molar-refractivity contribution < 1.29 is 14.6 Å². The Hall–Kier alpha value is -1.80. The normalized spacial score (nSPS) is 15.5. The molecule has 28 heavy (non-hydrogen) atoms. The summed E-state index contributed by atoms with van der Waals surface area (Å²) in [5.41, 5.74) is -0.703. The molecule has 0 aromatic carbocycles. The third kappa shape index (κ3) is 9.41. The number of carbonyl (C=O) groups excluding carboxylic acids is 1. The molecule has 0 bridgehead atoms. The van der Waals surface area contributed by atoms with E-state index in [4.69, 9.17) is 4.74 Å². The van der Waals surface area contributed by atoms with Crippen molar-refractivity contribution in [1.82, 2.24) is 16.0 Å². The molecule has 4 N–H and O–H groups in total. The minimum Gasteiger partial charge on any atom is -0.444 e. The van der Waals surface area contributed by atoms with E-state index in [9.17, 15) is 9.90 Å². The number of nitrogens with zero attached hydrogens (tertiary/aromatic N) is 1. The number of hydrogen-bond acceptors (Lipinski definition) is 5. The van der Waals surface area contributed by atoms with Gasteiger partial charge in [-0.25, -0.2) is 9.79 Å². The van der Waals surface area contributed by atoms with Crippen LogP contribution in [0, 0.1) is 0 Å². The number of carbonyl (C=O) groups is 1. The summed E-state index contributed by atoms with van der Waals surface area (Å²) < 4.78 is 5.35. The predicted molar refractivity (Wildman–Crippen MR) is 116 cm³/mol. The molecule has 160 valence electrons. The van der Waals surface area contributed by atoms with Crippen molar-refractivity contribution in [3.05, 3.63) is 22.4 Å². The van der Waals surface area contributed by atoms with Crippen LogP contribution in [0.15, 0.2) is 21.8 Å². The summed E-state index contributed by atoms with van der Waals surface area (Å²) in [4.78, 5) is 16.6. The van der Waals surface area contributed by atoms with E-state index in [1.807, 2.05) is 44.5 Å². The van der Waals surface area contributed by atoms with Gasteiger partial charge in [-0.05, 0) is 63.4 Å². The lowest BCUT2D eigenvalue weighted by atomic mass is 10.00. The van der Waals surface area contributed by atoms with Crippen LogP contribution in [-0.4, -0.2) is 48.4 Å². The van der Waals surface area contributed by atoms with Crippen molar-refractivity contribution in [2.75, 3.05) is 19.6 Å². The molecule has 0 radical (unpaired) electrons. The van der Waals surface area contributed by atoms with Gasteiger partial charge in [-0.3, -0.25) is 0 Å². The summed E-state index contributed by atoms with van der Waals surface area (Å²) in [6.07, 6.45) is 1.33. The monoisotopic (exact) mass is 412 g/mol. The van der Waals surface area contributed by atoms with Gasteiger partial charge in [0.05, 0.1) is 6.54 Å². The van der Waals surface area contributed by atoms with Gasteiger partial charge in [-0.2, -0.15) is 11.3 Å². The van der Waals surface area contributed by atoms with Gasteiger partial charge < -0.3 is 25.8 Å². The maximum Gasteiger partial charge on any atom is 0.407 e. The average Bonchev–Trinajstić information content (AvgIpc) is 3.11. The number of rotatable bonds is 9. The zero-order valence-electron chi connectivity index (χ0n) is 18.0. The highest BCUT2D eigenvalue weighted by atomic mass is 32.1. The van der Waals surface area contributed by atoms with Crippen molar-refractivity contribution in [2.45, 2.75) is 71.6 Å². The first-order valence-electron chi connectivity index (χ1n) is 9.84. The third-order valence-electron chi connectivity index (χ3n) is 3.91. The van der Waals surface area contributed by atoms with Crippen molar-refractivity contribution >= 4 is 23.4 Å². The smallest absolute Gasteiger partial charge is 0.407 e. The number of thiophene rings is 1. The maximum atomic E-state index is 12.1. The van der Waals surface area contributed by atoms with E-state index >= 15 is 0 Å². The number of ether oxygens (including phenoxy) is 1. The molecule has 2 unspecified atom stereocenters. The molecule has 0 saturated carbocycles. The Labute approximate surface area is 173 Å². The Kier molecular flexibility index (Phi) is 9.75. The van der Waals surface area contributed by atoms with Crippen LogP contribution in [-0.2, 0) is 10.3 Å². The maximum absolute atomic E-state index is 12.1. The first-order valence-corrected chi connectivity index (χ1v) is 10.8. The van der Waals surface area contributed by atoms with E-state index in [0.717, 1.165) is 18.4 Å². The number of hydrogen-bond donors (Lipinski definition) is 4. The quantitative estimate of drug-likeness (QED) is 0.369. The lowest BCUT2D eigenvalue weighted by Gasteiger charge is -2.25. The topological polar surface area (TPSA) is 95.0 Å². The van der Waals surface area contributed by atoms with Gasteiger partial charge in [-0.1, -0.05) is 13.3 Å². The molecule has 1 amide bonds.